The predicted molar refractivity (Wildman–Crippen MR) is 141 cm³/mol. The highest BCUT2D eigenvalue weighted by Crippen LogP contribution is 2.49. The lowest BCUT2D eigenvalue weighted by molar-refractivity contribution is -0.144. The van der Waals surface area contributed by atoms with Crippen LogP contribution in [0.1, 0.15) is 67.7 Å². The van der Waals surface area contributed by atoms with Gasteiger partial charge in [0, 0.05) is 40.1 Å². The summed E-state index contributed by atoms with van der Waals surface area (Å²) in [4.78, 5) is 28.7. The van der Waals surface area contributed by atoms with Gasteiger partial charge < -0.3 is 24.3 Å². The molecule has 3 aliphatic rings. The first-order valence-corrected chi connectivity index (χ1v) is 13.6. The molecular weight excluding hydrogens is 490 g/mol. The van der Waals surface area contributed by atoms with Crippen LogP contribution in [0.5, 0.6) is 17.2 Å². The second-order valence-electron chi connectivity index (χ2n) is 9.80. The molecule has 2 aromatic rings. The predicted octanol–water partition coefficient (Wildman–Crippen LogP) is 5.62. The minimum absolute atomic E-state index is 0.0320. The van der Waals surface area contributed by atoms with E-state index in [-0.39, 0.29) is 23.8 Å². The molecule has 1 saturated carbocycles. The number of rotatable bonds is 7. The third-order valence-corrected chi connectivity index (χ3v) is 8.62. The summed E-state index contributed by atoms with van der Waals surface area (Å²) in [5, 5.41) is 5.47. The smallest absolute Gasteiger partial charge is 0.337 e. The van der Waals surface area contributed by atoms with Crippen molar-refractivity contribution in [1.29, 1.82) is 0 Å². The van der Waals surface area contributed by atoms with Crippen LogP contribution in [0.4, 0.5) is 0 Å². The molecule has 0 bridgehead atoms. The Morgan fingerprint density at radius 1 is 1.03 bits per heavy atom. The molecule has 8 heteroatoms. The molecule has 0 saturated heterocycles. The van der Waals surface area contributed by atoms with Gasteiger partial charge in [-0.3, -0.25) is 4.79 Å². The molecule has 2 atom stereocenters. The highest BCUT2D eigenvalue weighted by atomic mass is 32.1. The number of Topliss-reactive ketones (excluding diaryl/α,β-unsaturated/α-hetero) is 1. The van der Waals surface area contributed by atoms with E-state index in [2.05, 4.69) is 11.4 Å². The van der Waals surface area contributed by atoms with Crippen molar-refractivity contribution in [2.24, 2.45) is 0 Å². The van der Waals surface area contributed by atoms with Gasteiger partial charge in [-0.15, -0.1) is 11.3 Å². The second-order valence-corrected chi connectivity index (χ2v) is 10.8. The van der Waals surface area contributed by atoms with Crippen LogP contribution >= 0.6 is 11.3 Å². The molecule has 2 aliphatic carbocycles. The minimum atomic E-state index is -0.601. The maximum atomic E-state index is 13.8. The van der Waals surface area contributed by atoms with Crippen LogP contribution in [0, 0.1) is 0 Å². The average molecular weight is 524 g/mol. The number of thiophene rings is 1. The van der Waals surface area contributed by atoms with Gasteiger partial charge in [-0.2, -0.15) is 0 Å². The van der Waals surface area contributed by atoms with Gasteiger partial charge >= 0.3 is 5.97 Å². The molecule has 2 unspecified atom stereocenters. The summed E-state index contributed by atoms with van der Waals surface area (Å²) in [5.74, 6) is 0.562. The van der Waals surface area contributed by atoms with Gasteiger partial charge in [-0.25, -0.2) is 4.79 Å². The van der Waals surface area contributed by atoms with Crippen LogP contribution in [-0.4, -0.2) is 39.2 Å². The number of dihydropyridines is 1. The summed E-state index contributed by atoms with van der Waals surface area (Å²) in [7, 11) is 4.67. The lowest BCUT2D eigenvalue weighted by Crippen LogP contribution is -2.36. The van der Waals surface area contributed by atoms with E-state index < -0.39 is 5.92 Å². The third kappa shape index (κ3) is 4.75. The van der Waals surface area contributed by atoms with E-state index in [1.54, 1.807) is 32.7 Å². The second kappa shape index (κ2) is 10.6. The molecule has 1 aromatic carbocycles. The molecule has 0 spiro atoms. The average Bonchev–Trinajstić information content (AvgIpc) is 3.61. The summed E-state index contributed by atoms with van der Waals surface area (Å²) in [6.45, 7) is 1.89. The quantitative estimate of drug-likeness (QED) is 0.472. The molecular formula is C29H33NO6S. The van der Waals surface area contributed by atoms with E-state index in [1.165, 1.54) is 4.88 Å². The highest BCUT2D eigenvalue weighted by molar-refractivity contribution is 7.10. The Morgan fingerprint density at radius 3 is 2.32 bits per heavy atom. The largest absolute Gasteiger partial charge is 0.493 e. The molecule has 1 aliphatic heterocycles. The summed E-state index contributed by atoms with van der Waals surface area (Å²) < 4.78 is 22.7. The number of methoxy groups -OCH3 is 3. The molecule has 7 nitrogen and oxygen atoms in total. The summed E-state index contributed by atoms with van der Waals surface area (Å²) in [5.41, 5.74) is 3.38. The normalized spacial score (nSPS) is 22.0. The number of esters is 1. The number of allylic oxidation sites excluding steroid dienone is 3. The van der Waals surface area contributed by atoms with Crippen molar-refractivity contribution in [3.8, 4) is 17.2 Å². The zero-order valence-corrected chi connectivity index (χ0v) is 22.5. The molecule has 196 valence electrons. The van der Waals surface area contributed by atoms with E-state index in [9.17, 15) is 9.59 Å². The molecule has 1 fully saturated rings. The first kappa shape index (κ1) is 25.4. The van der Waals surface area contributed by atoms with Crippen molar-refractivity contribution >= 4 is 23.1 Å². The van der Waals surface area contributed by atoms with E-state index in [0.29, 0.717) is 46.9 Å². The van der Waals surface area contributed by atoms with Crippen LogP contribution < -0.4 is 19.5 Å². The Kier molecular flexibility index (Phi) is 7.29. The number of carbonyl (C=O) groups is 2. The molecule has 0 radical (unpaired) electrons. The standard InChI is InChI=1S/C29H33NO6S/c1-16-25(29(32)36-19-8-5-6-9-19)26(18-14-22(33-2)28(35-4)23(15-18)34-3)27-20(30-16)12-17(13-21(27)31)24-10-7-11-37-24/h7,10-11,14-15,17,19,26,30H,5-6,8-9,12-13H2,1-4H3. The Morgan fingerprint density at radius 2 is 1.73 bits per heavy atom. The number of carbonyl (C=O) groups excluding carboxylic acids is 2. The van der Waals surface area contributed by atoms with Crippen LogP contribution in [0.3, 0.4) is 0 Å². The Bertz CT molecular complexity index is 1230. The fourth-order valence-corrected chi connectivity index (χ4v) is 6.69. The lowest BCUT2D eigenvalue weighted by atomic mass is 9.72. The van der Waals surface area contributed by atoms with Crippen LogP contribution in [0.15, 0.2) is 52.2 Å². The number of benzene rings is 1. The van der Waals surface area contributed by atoms with Crippen molar-refractivity contribution in [3.05, 3.63) is 62.6 Å². The molecule has 0 amide bonds. The van der Waals surface area contributed by atoms with Gasteiger partial charge in [-0.05, 0) is 68.2 Å². The molecule has 1 N–H and O–H groups in total. The highest BCUT2D eigenvalue weighted by Gasteiger charge is 2.42. The van der Waals surface area contributed by atoms with Gasteiger partial charge in [0.05, 0.1) is 26.9 Å². The van der Waals surface area contributed by atoms with Crippen molar-refractivity contribution < 1.29 is 28.5 Å². The van der Waals surface area contributed by atoms with E-state index in [0.717, 1.165) is 36.9 Å². The Labute approximate surface area is 221 Å². The van der Waals surface area contributed by atoms with Crippen LogP contribution in [-0.2, 0) is 14.3 Å². The molecule has 5 rings (SSSR count). The minimum Gasteiger partial charge on any atom is -0.493 e. The summed E-state index contributed by atoms with van der Waals surface area (Å²) >= 11 is 1.67. The van der Waals surface area contributed by atoms with Crippen molar-refractivity contribution in [1.82, 2.24) is 5.32 Å². The van der Waals surface area contributed by atoms with Gasteiger partial charge in [0.2, 0.25) is 5.75 Å². The Balaban J connectivity index is 1.62. The van der Waals surface area contributed by atoms with E-state index in [1.807, 2.05) is 30.5 Å². The molecule has 2 heterocycles. The number of ketones is 1. The number of ether oxygens (including phenoxy) is 4. The molecule has 37 heavy (non-hydrogen) atoms. The zero-order chi connectivity index (χ0) is 26.1. The van der Waals surface area contributed by atoms with Gasteiger partial charge in [0.1, 0.15) is 6.10 Å². The maximum absolute atomic E-state index is 13.8. The van der Waals surface area contributed by atoms with E-state index in [4.69, 9.17) is 18.9 Å². The SMILES string of the molecule is COc1cc(C2C(C(=O)OC3CCCC3)=C(C)NC3=C2C(=O)CC(c2cccs2)C3)cc(OC)c1OC. The lowest BCUT2D eigenvalue weighted by Gasteiger charge is -2.37. The monoisotopic (exact) mass is 523 g/mol. The third-order valence-electron chi connectivity index (χ3n) is 7.59. The van der Waals surface area contributed by atoms with Gasteiger partial charge in [0.15, 0.2) is 17.3 Å². The molecule has 1 aromatic heterocycles. The van der Waals surface area contributed by atoms with Crippen LogP contribution in [0.2, 0.25) is 0 Å². The van der Waals surface area contributed by atoms with Crippen molar-refractivity contribution in [2.75, 3.05) is 21.3 Å². The fraction of sp³-hybridized carbons (Fsp3) is 0.448. The summed E-state index contributed by atoms with van der Waals surface area (Å²) in [6, 6.07) is 7.76. The van der Waals surface area contributed by atoms with Crippen LogP contribution in [0.25, 0.3) is 0 Å². The number of nitrogens with one attached hydrogen (secondary N) is 1. The van der Waals surface area contributed by atoms with E-state index >= 15 is 0 Å². The first-order chi connectivity index (χ1) is 17.9. The van der Waals surface area contributed by atoms with Crippen molar-refractivity contribution in [2.45, 2.75) is 63.4 Å². The van der Waals surface area contributed by atoms with Crippen molar-refractivity contribution in [3.63, 3.8) is 0 Å². The number of hydrogen-bond donors (Lipinski definition) is 1. The Hall–Kier alpha value is -3.26. The topological polar surface area (TPSA) is 83.1 Å². The van der Waals surface area contributed by atoms with Gasteiger partial charge in [0.25, 0.3) is 0 Å². The maximum Gasteiger partial charge on any atom is 0.337 e. The fourth-order valence-electron chi connectivity index (χ4n) is 5.86. The van der Waals surface area contributed by atoms with Gasteiger partial charge in [-0.1, -0.05) is 6.07 Å². The number of hydrogen-bond acceptors (Lipinski definition) is 8. The summed E-state index contributed by atoms with van der Waals surface area (Å²) in [6.07, 6.45) is 4.86. The first-order valence-electron chi connectivity index (χ1n) is 12.7. The zero-order valence-electron chi connectivity index (χ0n) is 21.7.